The van der Waals surface area contributed by atoms with Gasteiger partial charge in [0.1, 0.15) is 12.4 Å². The van der Waals surface area contributed by atoms with Crippen LogP contribution in [0.15, 0.2) is 72.8 Å². The van der Waals surface area contributed by atoms with Crippen LogP contribution in [0.5, 0.6) is 5.75 Å². The van der Waals surface area contributed by atoms with Crippen LogP contribution in [0, 0.1) is 6.92 Å². The Morgan fingerprint density at radius 1 is 0.972 bits per heavy atom. The summed E-state index contributed by atoms with van der Waals surface area (Å²) in [5.74, 6) is -1.23. The molecule has 0 amide bonds. The molecule has 0 aliphatic rings. The van der Waals surface area contributed by atoms with Gasteiger partial charge in [-0.05, 0) is 55.0 Å². The molecule has 4 aromatic rings. The van der Waals surface area contributed by atoms with Gasteiger partial charge in [0.05, 0.1) is 12.6 Å². The summed E-state index contributed by atoms with van der Waals surface area (Å²) in [6.45, 7) is 2.91. The molecule has 0 bridgehead atoms. The third-order valence-electron chi connectivity index (χ3n) is 5.74. The van der Waals surface area contributed by atoms with E-state index in [1.807, 2.05) is 30.3 Å². The summed E-state index contributed by atoms with van der Waals surface area (Å²) >= 11 is 5.99. The van der Waals surface area contributed by atoms with Crippen molar-refractivity contribution < 1.29 is 28.6 Å². The minimum absolute atomic E-state index is 0.00214. The van der Waals surface area contributed by atoms with Gasteiger partial charge in [0, 0.05) is 34.2 Å². The van der Waals surface area contributed by atoms with Crippen molar-refractivity contribution in [3.8, 4) is 5.75 Å². The molecule has 0 radical (unpaired) electrons. The molecule has 3 aromatic carbocycles. The number of ether oxygens (including phenoxy) is 3. The normalized spacial score (nSPS) is 11.7. The lowest BCUT2D eigenvalue weighted by Crippen LogP contribution is -2.22. The highest BCUT2D eigenvalue weighted by Gasteiger charge is 2.33. The van der Waals surface area contributed by atoms with Crippen molar-refractivity contribution in [2.75, 3.05) is 7.11 Å². The van der Waals surface area contributed by atoms with Crippen LogP contribution in [-0.2, 0) is 25.7 Å². The summed E-state index contributed by atoms with van der Waals surface area (Å²) in [5.41, 5.74) is 2.49. The number of hydrogen-bond donors (Lipinski definition) is 0. The number of carbonyl (C=O) groups excluding carboxylic acids is 3. The van der Waals surface area contributed by atoms with Crippen LogP contribution in [0.2, 0.25) is 5.02 Å². The highest BCUT2D eigenvalue weighted by atomic mass is 35.5. The quantitative estimate of drug-likeness (QED) is 0.302. The van der Waals surface area contributed by atoms with Crippen LogP contribution in [-0.4, -0.2) is 29.5 Å². The molecule has 0 saturated heterocycles. The molecule has 1 aromatic heterocycles. The zero-order valence-electron chi connectivity index (χ0n) is 20.0. The standard InChI is InChI=1S/C28H24ClNO6/c1-17-25(26(36-18(2)31)28(33)35-16-19-7-5-4-6-8-19)23-15-22(34-3)13-14-24(23)30(17)27(32)20-9-11-21(29)12-10-20/h4-15,26H,16H2,1-3H3. The number of methoxy groups -OCH3 is 1. The molecular weight excluding hydrogens is 482 g/mol. The van der Waals surface area contributed by atoms with E-state index in [9.17, 15) is 14.4 Å². The van der Waals surface area contributed by atoms with Crippen molar-refractivity contribution >= 4 is 40.3 Å². The topological polar surface area (TPSA) is 83.8 Å². The largest absolute Gasteiger partial charge is 0.497 e. The Kier molecular flexibility index (Phi) is 7.41. The number of rotatable bonds is 7. The zero-order valence-corrected chi connectivity index (χ0v) is 20.7. The summed E-state index contributed by atoms with van der Waals surface area (Å²) in [5, 5.41) is 1.03. The van der Waals surface area contributed by atoms with Gasteiger partial charge in [0.15, 0.2) is 0 Å². The minimum Gasteiger partial charge on any atom is -0.497 e. The Balaban J connectivity index is 1.83. The number of carbonyl (C=O) groups is 3. The first-order valence-corrected chi connectivity index (χ1v) is 11.5. The Bertz CT molecular complexity index is 1430. The number of benzene rings is 3. The maximum atomic E-state index is 13.6. The van der Waals surface area contributed by atoms with Gasteiger partial charge >= 0.3 is 11.9 Å². The molecule has 4 rings (SSSR count). The lowest BCUT2D eigenvalue weighted by molar-refractivity contribution is -0.168. The fourth-order valence-electron chi connectivity index (χ4n) is 4.06. The Hall–Kier alpha value is -4.10. The molecule has 0 saturated carbocycles. The maximum absolute atomic E-state index is 13.6. The number of nitrogens with zero attached hydrogens (tertiary/aromatic N) is 1. The fraction of sp³-hybridized carbons (Fsp3) is 0.179. The van der Waals surface area contributed by atoms with Crippen LogP contribution in [0.1, 0.15) is 40.2 Å². The van der Waals surface area contributed by atoms with Crippen molar-refractivity contribution in [1.29, 1.82) is 0 Å². The van der Waals surface area contributed by atoms with Gasteiger partial charge in [-0.25, -0.2) is 4.79 Å². The summed E-state index contributed by atoms with van der Waals surface area (Å²) < 4.78 is 17.8. The molecule has 0 spiro atoms. The molecule has 1 heterocycles. The fourth-order valence-corrected chi connectivity index (χ4v) is 4.18. The number of aromatic nitrogens is 1. The second kappa shape index (κ2) is 10.7. The van der Waals surface area contributed by atoms with Gasteiger partial charge in [-0.1, -0.05) is 41.9 Å². The minimum atomic E-state index is -1.39. The molecule has 0 fully saturated rings. The lowest BCUT2D eigenvalue weighted by atomic mass is 10.0. The molecule has 0 aliphatic carbocycles. The lowest BCUT2D eigenvalue weighted by Gasteiger charge is -2.17. The molecule has 8 heteroatoms. The third-order valence-corrected chi connectivity index (χ3v) is 5.99. The van der Waals surface area contributed by atoms with Crippen molar-refractivity contribution in [3.63, 3.8) is 0 Å². The number of esters is 2. The van der Waals surface area contributed by atoms with Crippen molar-refractivity contribution in [3.05, 3.63) is 100 Å². The van der Waals surface area contributed by atoms with E-state index in [2.05, 4.69) is 0 Å². The van der Waals surface area contributed by atoms with Crippen LogP contribution in [0.25, 0.3) is 10.9 Å². The number of hydrogen-bond acceptors (Lipinski definition) is 6. The van der Waals surface area contributed by atoms with Crippen LogP contribution in [0.4, 0.5) is 0 Å². The Morgan fingerprint density at radius 3 is 2.31 bits per heavy atom. The van der Waals surface area contributed by atoms with E-state index in [0.717, 1.165) is 5.56 Å². The molecule has 0 aliphatic heterocycles. The zero-order chi connectivity index (χ0) is 25.8. The molecule has 184 valence electrons. The molecule has 7 nitrogen and oxygen atoms in total. The smallest absolute Gasteiger partial charge is 0.352 e. The predicted molar refractivity (Wildman–Crippen MR) is 135 cm³/mol. The summed E-state index contributed by atoms with van der Waals surface area (Å²) in [6.07, 6.45) is -1.39. The van der Waals surface area contributed by atoms with Crippen molar-refractivity contribution in [1.82, 2.24) is 4.57 Å². The van der Waals surface area contributed by atoms with Crippen LogP contribution < -0.4 is 4.74 Å². The molecule has 1 unspecified atom stereocenters. The average molecular weight is 506 g/mol. The second-order valence-corrected chi connectivity index (χ2v) is 8.55. The average Bonchev–Trinajstić information content (AvgIpc) is 3.16. The second-order valence-electron chi connectivity index (χ2n) is 8.11. The SMILES string of the molecule is COc1ccc2c(c1)c(C(OC(C)=O)C(=O)OCc1ccccc1)c(C)n2C(=O)c1ccc(Cl)cc1. The first-order chi connectivity index (χ1) is 17.3. The van der Waals surface area contributed by atoms with Gasteiger partial charge in [0.2, 0.25) is 6.10 Å². The first-order valence-electron chi connectivity index (χ1n) is 11.2. The van der Waals surface area contributed by atoms with E-state index in [0.29, 0.717) is 38.5 Å². The summed E-state index contributed by atoms with van der Waals surface area (Å²) in [7, 11) is 1.52. The molecule has 1 atom stereocenters. The van der Waals surface area contributed by atoms with E-state index >= 15 is 0 Å². The molecular formula is C28H24ClNO6. The monoisotopic (exact) mass is 505 g/mol. The van der Waals surface area contributed by atoms with Crippen molar-refractivity contribution in [2.45, 2.75) is 26.6 Å². The van der Waals surface area contributed by atoms with E-state index in [-0.39, 0.29) is 12.5 Å². The van der Waals surface area contributed by atoms with Crippen molar-refractivity contribution in [2.24, 2.45) is 0 Å². The van der Waals surface area contributed by atoms with Crippen LogP contribution >= 0.6 is 11.6 Å². The van der Waals surface area contributed by atoms with Gasteiger partial charge in [0.25, 0.3) is 5.91 Å². The molecule has 0 N–H and O–H groups in total. The van der Waals surface area contributed by atoms with Gasteiger partial charge < -0.3 is 14.2 Å². The van der Waals surface area contributed by atoms with Crippen LogP contribution in [0.3, 0.4) is 0 Å². The van der Waals surface area contributed by atoms with E-state index in [4.69, 9.17) is 25.8 Å². The first kappa shape index (κ1) is 25.0. The third kappa shape index (κ3) is 5.11. The van der Waals surface area contributed by atoms with E-state index < -0.39 is 18.0 Å². The predicted octanol–water partition coefficient (Wildman–Crippen LogP) is 5.65. The molecule has 36 heavy (non-hydrogen) atoms. The van der Waals surface area contributed by atoms with Gasteiger partial charge in [-0.15, -0.1) is 0 Å². The van der Waals surface area contributed by atoms with E-state index in [1.165, 1.54) is 18.6 Å². The number of halogens is 1. The number of fused-ring (bicyclic) bond motifs is 1. The summed E-state index contributed by atoms with van der Waals surface area (Å²) in [6, 6.07) is 20.8. The Labute approximate surface area is 213 Å². The highest BCUT2D eigenvalue weighted by molar-refractivity contribution is 6.30. The Morgan fingerprint density at radius 2 is 1.67 bits per heavy atom. The van der Waals surface area contributed by atoms with E-state index in [1.54, 1.807) is 49.4 Å². The summed E-state index contributed by atoms with van der Waals surface area (Å²) in [4.78, 5) is 38.8. The van der Waals surface area contributed by atoms with Gasteiger partial charge in [-0.2, -0.15) is 0 Å². The van der Waals surface area contributed by atoms with Gasteiger partial charge in [-0.3, -0.25) is 14.2 Å². The maximum Gasteiger partial charge on any atom is 0.352 e. The highest BCUT2D eigenvalue weighted by Crippen LogP contribution is 2.36.